The Morgan fingerprint density at radius 3 is 2.62 bits per heavy atom. The second-order valence-corrected chi connectivity index (χ2v) is 4.57. The molecule has 4 rings (SSSR count). The van der Waals surface area contributed by atoms with Crippen molar-refractivity contribution in [2.45, 2.75) is 0 Å². The van der Waals surface area contributed by atoms with Crippen LogP contribution in [-0.4, -0.2) is 14.5 Å². The minimum Gasteiger partial charge on any atom is -0.461 e. The SMILES string of the molecule is Fc1ccc(-n2c(-c3ccco3)nc3cccnc32)cc1. The summed E-state index contributed by atoms with van der Waals surface area (Å²) in [5, 5.41) is 0. The first-order valence-electron chi connectivity index (χ1n) is 6.46. The van der Waals surface area contributed by atoms with Crippen LogP contribution in [0.25, 0.3) is 28.4 Å². The number of aromatic nitrogens is 3. The second kappa shape index (κ2) is 4.56. The molecule has 5 heteroatoms. The van der Waals surface area contributed by atoms with Gasteiger partial charge in [-0.1, -0.05) is 0 Å². The van der Waals surface area contributed by atoms with Gasteiger partial charge in [0, 0.05) is 11.9 Å². The van der Waals surface area contributed by atoms with Crippen LogP contribution in [-0.2, 0) is 0 Å². The first kappa shape index (κ1) is 11.8. The first-order chi connectivity index (χ1) is 10.3. The summed E-state index contributed by atoms with van der Waals surface area (Å²) in [6, 6.07) is 13.6. The van der Waals surface area contributed by atoms with Gasteiger partial charge in [0.15, 0.2) is 17.2 Å². The number of furan rings is 1. The molecule has 0 N–H and O–H groups in total. The number of rotatable bonds is 2. The van der Waals surface area contributed by atoms with Crippen LogP contribution in [0.5, 0.6) is 0 Å². The summed E-state index contributed by atoms with van der Waals surface area (Å²) >= 11 is 0. The zero-order chi connectivity index (χ0) is 14.2. The Bertz CT molecular complexity index is 895. The Morgan fingerprint density at radius 1 is 1.00 bits per heavy atom. The zero-order valence-electron chi connectivity index (χ0n) is 10.9. The number of hydrogen-bond donors (Lipinski definition) is 0. The van der Waals surface area contributed by atoms with Gasteiger partial charge in [0.2, 0.25) is 0 Å². The van der Waals surface area contributed by atoms with E-state index in [0.29, 0.717) is 17.2 Å². The molecule has 0 amide bonds. The fourth-order valence-corrected chi connectivity index (χ4v) is 2.32. The van der Waals surface area contributed by atoms with E-state index in [-0.39, 0.29) is 5.82 Å². The maximum Gasteiger partial charge on any atom is 0.183 e. The van der Waals surface area contributed by atoms with E-state index in [1.54, 1.807) is 30.7 Å². The quantitative estimate of drug-likeness (QED) is 0.560. The molecule has 0 unspecified atom stereocenters. The summed E-state index contributed by atoms with van der Waals surface area (Å²) in [7, 11) is 0. The fraction of sp³-hybridized carbons (Fsp3) is 0. The summed E-state index contributed by atoms with van der Waals surface area (Å²) in [4.78, 5) is 8.94. The first-order valence-corrected chi connectivity index (χ1v) is 6.46. The van der Waals surface area contributed by atoms with E-state index in [1.807, 2.05) is 22.8 Å². The monoisotopic (exact) mass is 279 g/mol. The minimum atomic E-state index is -0.282. The lowest BCUT2D eigenvalue weighted by Gasteiger charge is -2.06. The summed E-state index contributed by atoms with van der Waals surface area (Å²) in [6.07, 6.45) is 3.30. The van der Waals surface area contributed by atoms with Gasteiger partial charge in [-0.05, 0) is 48.5 Å². The van der Waals surface area contributed by atoms with Gasteiger partial charge in [-0.25, -0.2) is 14.4 Å². The molecule has 3 heterocycles. The molecular weight excluding hydrogens is 269 g/mol. The number of hydrogen-bond acceptors (Lipinski definition) is 3. The summed E-state index contributed by atoms with van der Waals surface area (Å²) in [6.45, 7) is 0. The van der Waals surface area contributed by atoms with E-state index in [0.717, 1.165) is 11.2 Å². The topological polar surface area (TPSA) is 43.9 Å². The van der Waals surface area contributed by atoms with Gasteiger partial charge < -0.3 is 4.42 Å². The molecule has 4 aromatic rings. The van der Waals surface area contributed by atoms with Crippen LogP contribution >= 0.6 is 0 Å². The lowest BCUT2D eigenvalue weighted by Crippen LogP contribution is -1.98. The number of halogens is 1. The van der Waals surface area contributed by atoms with Gasteiger partial charge in [0.25, 0.3) is 0 Å². The summed E-state index contributed by atoms with van der Waals surface area (Å²) in [5.41, 5.74) is 2.24. The molecule has 1 aromatic carbocycles. The van der Waals surface area contributed by atoms with E-state index in [1.165, 1.54) is 12.1 Å². The van der Waals surface area contributed by atoms with Crippen molar-refractivity contribution < 1.29 is 8.81 Å². The summed E-state index contributed by atoms with van der Waals surface area (Å²) in [5.74, 6) is 0.994. The Labute approximate surface area is 119 Å². The van der Waals surface area contributed by atoms with E-state index in [4.69, 9.17) is 4.42 Å². The molecule has 3 aromatic heterocycles. The largest absolute Gasteiger partial charge is 0.461 e. The average Bonchev–Trinajstić information content (AvgIpc) is 3.15. The number of fused-ring (bicyclic) bond motifs is 1. The van der Waals surface area contributed by atoms with Crippen molar-refractivity contribution in [2.24, 2.45) is 0 Å². The number of pyridine rings is 1. The van der Waals surface area contributed by atoms with Crippen LogP contribution in [0.15, 0.2) is 65.4 Å². The highest BCUT2D eigenvalue weighted by molar-refractivity contribution is 5.78. The number of imidazole rings is 1. The van der Waals surface area contributed by atoms with Crippen LogP contribution in [0, 0.1) is 5.82 Å². The van der Waals surface area contributed by atoms with Gasteiger partial charge in [-0.15, -0.1) is 0 Å². The average molecular weight is 279 g/mol. The number of benzene rings is 1. The Kier molecular flexibility index (Phi) is 2.57. The van der Waals surface area contributed by atoms with Gasteiger partial charge in [0.05, 0.1) is 6.26 Å². The third-order valence-electron chi connectivity index (χ3n) is 3.24. The second-order valence-electron chi connectivity index (χ2n) is 4.57. The molecular formula is C16H10FN3O. The number of nitrogens with zero attached hydrogens (tertiary/aromatic N) is 3. The maximum absolute atomic E-state index is 13.2. The molecule has 0 spiro atoms. The summed E-state index contributed by atoms with van der Waals surface area (Å²) < 4.78 is 20.5. The van der Waals surface area contributed by atoms with E-state index in [2.05, 4.69) is 9.97 Å². The van der Waals surface area contributed by atoms with Crippen LogP contribution in [0.4, 0.5) is 4.39 Å². The van der Waals surface area contributed by atoms with E-state index in [9.17, 15) is 4.39 Å². The van der Waals surface area contributed by atoms with Crippen molar-refractivity contribution >= 4 is 11.2 Å². The van der Waals surface area contributed by atoms with Crippen LogP contribution in [0.1, 0.15) is 0 Å². The maximum atomic E-state index is 13.2. The third kappa shape index (κ3) is 1.90. The van der Waals surface area contributed by atoms with Crippen molar-refractivity contribution in [3.05, 3.63) is 66.8 Å². The zero-order valence-corrected chi connectivity index (χ0v) is 10.9. The molecule has 0 bridgehead atoms. The molecule has 21 heavy (non-hydrogen) atoms. The standard InChI is InChI=1S/C16H10FN3O/c17-11-5-7-12(8-6-11)20-15-13(3-1-9-18-15)19-16(20)14-4-2-10-21-14/h1-10H. The van der Waals surface area contributed by atoms with E-state index >= 15 is 0 Å². The molecule has 0 aliphatic heterocycles. The minimum absolute atomic E-state index is 0.282. The lowest BCUT2D eigenvalue weighted by molar-refractivity contribution is 0.576. The Balaban J connectivity index is 2.05. The van der Waals surface area contributed by atoms with Crippen molar-refractivity contribution in [1.29, 1.82) is 0 Å². The molecule has 0 saturated carbocycles. The van der Waals surface area contributed by atoms with Gasteiger partial charge in [-0.3, -0.25) is 4.57 Å². The normalized spacial score (nSPS) is 11.1. The highest BCUT2D eigenvalue weighted by Crippen LogP contribution is 2.27. The molecule has 0 saturated heterocycles. The molecule has 0 radical (unpaired) electrons. The van der Waals surface area contributed by atoms with Crippen molar-refractivity contribution in [3.63, 3.8) is 0 Å². The predicted molar refractivity (Wildman–Crippen MR) is 76.5 cm³/mol. The highest BCUT2D eigenvalue weighted by atomic mass is 19.1. The van der Waals surface area contributed by atoms with Crippen LogP contribution in [0.2, 0.25) is 0 Å². The highest BCUT2D eigenvalue weighted by Gasteiger charge is 2.16. The Hall–Kier alpha value is -2.95. The van der Waals surface area contributed by atoms with Crippen molar-refractivity contribution in [2.75, 3.05) is 0 Å². The van der Waals surface area contributed by atoms with Gasteiger partial charge in [0.1, 0.15) is 11.3 Å². The van der Waals surface area contributed by atoms with Gasteiger partial charge >= 0.3 is 0 Å². The van der Waals surface area contributed by atoms with Crippen LogP contribution < -0.4 is 0 Å². The molecule has 0 aliphatic carbocycles. The van der Waals surface area contributed by atoms with E-state index < -0.39 is 0 Å². The van der Waals surface area contributed by atoms with Crippen LogP contribution in [0.3, 0.4) is 0 Å². The fourth-order valence-electron chi connectivity index (χ4n) is 2.32. The molecule has 4 nitrogen and oxygen atoms in total. The Morgan fingerprint density at radius 2 is 1.86 bits per heavy atom. The molecule has 0 aliphatic rings. The van der Waals surface area contributed by atoms with Crippen molar-refractivity contribution in [1.82, 2.24) is 14.5 Å². The van der Waals surface area contributed by atoms with Crippen molar-refractivity contribution in [3.8, 4) is 17.3 Å². The molecule has 0 atom stereocenters. The van der Waals surface area contributed by atoms with Gasteiger partial charge in [-0.2, -0.15) is 0 Å². The molecule has 0 fully saturated rings. The smallest absolute Gasteiger partial charge is 0.183 e. The third-order valence-corrected chi connectivity index (χ3v) is 3.24. The molecule has 102 valence electrons. The predicted octanol–water partition coefficient (Wildman–Crippen LogP) is 3.82. The lowest BCUT2D eigenvalue weighted by atomic mass is 10.3.